The summed E-state index contributed by atoms with van der Waals surface area (Å²) < 4.78 is 84.7. The third kappa shape index (κ3) is 6.79. The van der Waals surface area contributed by atoms with Gasteiger partial charge in [0, 0.05) is 18.3 Å². The van der Waals surface area contributed by atoms with E-state index in [1.165, 1.54) is 12.1 Å². The summed E-state index contributed by atoms with van der Waals surface area (Å²) in [5.41, 5.74) is 1.94. The fraction of sp³-hybridized carbons (Fsp3) is 0.571. The van der Waals surface area contributed by atoms with E-state index in [1.807, 2.05) is 41.5 Å². The van der Waals surface area contributed by atoms with Crippen LogP contribution in [0.5, 0.6) is 0 Å². The summed E-state index contributed by atoms with van der Waals surface area (Å²) in [6.45, 7) is 10.9. The van der Waals surface area contributed by atoms with Gasteiger partial charge in [0.2, 0.25) is 0 Å². The van der Waals surface area contributed by atoms with Crippen molar-refractivity contribution >= 4 is 0 Å². The Balaban J connectivity index is 2.65. The molecule has 6 heteroatoms. The van der Waals surface area contributed by atoms with Gasteiger partial charge in [-0.05, 0) is 33.1 Å². The van der Waals surface area contributed by atoms with Crippen LogP contribution in [0.15, 0.2) is 48.5 Å². The molecular formula is C28H36F6. The molecule has 0 fully saturated rings. The van der Waals surface area contributed by atoms with E-state index in [2.05, 4.69) is 0 Å². The van der Waals surface area contributed by atoms with Crippen LogP contribution in [0.4, 0.5) is 26.3 Å². The summed E-state index contributed by atoms with van der Waals surface area (Å²) in [6.07, 6.45) is -11.8. The summed E-state index contributed by atoms with van der Waals surface area (Å²) in [4.78, 5) is 0. The normalized spacial score (nSPS) is 17.3. The van der Waals surface area contributed by atoms with Crippen LogP contribution in [-0.4, -0.2) is 31.6 Å². The van der Waals surface area contributed by atoms with Crippen molar-refractivity contribution in [2.24, 2.45) is 0 Å². The zero-order valence-corrected chi connectivity index (χ0v) is 20.8. The van der Waals surface area contributed by atoms with Crippen molar-refractivity contribution in [2.75, 3.05) is 6.67 Å². The van der Waals surface area contributed by atoms with Gasteiger partial charge >= 0.3 is 0 Å². The van der Waals surface area contributed by atoms with Gasteiger partial charge < -0.3 is 0 Å². The lowest BCUT2D eigenvalue weighted by Gasteiger charge is -2.34. The Hall–Kier alpha value is -1.98. The molecule has 0 heterocycles. The molecule has 0 spiro atoms. The van der Waals surface area contributed by atoms with E-state index in [9.17, 15) is 17.6 Å². The van der Waals surface area contributed by atoms with Crippen LogP contribution in [0.25, 0.3) is 0 Å². The van der Waals surface area contributed by atoms with E-state index < -0.39 is 49.9 Å². The molecule has 2 aromatic rings. The molecule has 0 nitrogen and oxygen atoms in total. The molecule has 0 aliphatic carbocycles. The van der Waals surface area contributed by atoms with Crippen LogP contribution in [-0.2, 0) is 10.8 Å². The predicted molar refractivity (Wildman–Crippen MR) is 127 cm³/mol. The lowest BCUT2D eigenvalue weighted by molar-refractivity contribution is -0.0120. The van der Waals surface area contributed by atoms with E-state index in [4.69, 9.17) is 0 Å². The van der Waals surface area contributed by atoms with Gasteiger partial charge in [0.1, 0.15) is 12.3 Å². The molecule has 190 valence electrons. The number of hydrogen-bond donors (Lipinski definition) is 0. The number of benzene rings is 2. The quantitative estimate of drug-likeness (QED) is 0.311. The zero-order valence-electron chi connectivity index (χ0n) is 20.8. The third-order valence-electron chi connectivity index (χ3n) is 6.37. The second-order valence-corrected chi connectivity index (χ2v) is 11.0. The van der Waals surface area contributed by atoms with Gasteiger partial charge in [-0.2, -0.15) is 0 Å². The highest BCUT2D eigenvalue weighted by Crippen LogP contribution is 2.44. The highest BCUT2D eigenvalue weighted by atomic mass is 19.3. The van der Waals surface area contributed by atoms with Crippen molar-refractivity contribution in [1.29, 1.82) is 0 Å². The molecule has 0 aliphatic heterocycles. The predicted octanol–water partition coefficient (Wildman–Crippen LogP) is 8.79. The minimum absolute atomic E-state index is 0.202. The fourth-order valence-electron chi connectivity index (χ4n) is 4.26. The van der Waals surface area contributed by atoms with Crippen molar-refractivity contribution in [2.45, 2.75) is 95.6 Å². The highest BCUT2D eigenvalue weighted by molar-refractivity contribution is 5.37. The Morgan fingerprint density at radius 3 is 1.29 bits per heavy atom. The summed E-state index contributed by atoms with van der Waals surface area (Å²) >= 11 is 0. The minimum atomic E-state index is -3.56. The van der Waals surface area contributed by atoms with Gasteiger partial charge in [0.25, 0.3) is 6.43 Å². The van der Waals surface area contributed by atoms with E-state index in [0.717, 1.165) is 11.1 Å². The maximum Gasteiger partial charge on any atom is 0.272 e. The first-order chi connectivity index (χ1) is 15.7. The fourth-order valence-corrected chi connectivity index (χ4v) is 4.26. The third-order valence-corrected chi connectivity index (χ3v) is 6.37. The first kappa shape index (κ1) is 28.3. The van der Waals surface area contributed by atoms with Crippen molar-refractivity contribution in [3.05, 3.63) is 70.8 Å². The highest BCUT2D eigenvalue weighted by Gasteiger charge is 2.44. The number of rotatable bonds is 9. The maximum absolute atomic E-state index is 15.4. The number of alkyl halides is 6. The molecule has 34 heavy (non-hydrogen) atoms. The Labute approximate surface area is 199 Å². The van der Waals surface area contributed by atoms with Crippen LogP contribution in [0, 0.1) is 0 Å². The molecule has 0 bridgehead atoms. The van der Waals surface area contributed by atoms with Gasteiger partial charge in [-0.25, -0.2) is 22.0 Å². The topological polar surface area (TPSA) is 0 Å². The van der Waals surface area contributed by atoms with Crippen LogP contribution >= 0.6 is 0 Å². The largest absolute Gasteiger partial charge is 0.272 e. The molecule has 2 rings (SSSR count). The Kier molecular flexibility index (Phi) is 9.29. The van der Waals surface area contributed by atoms with Crippen LogP contribution in [0.3, 0.4) is 0 Å². The SMILES string of the molecule is CC(C)(C)c1ccc(C(C(F)CCF)C(c2ccc(C(C)(C)C)cc2)C(F)C(F)C(F)F)cc1. The smallest absolute Gasteiger partial charge is 0.251 e. The molecule has 5 atom stereocenters. The lowest BCUT2D eigenvalue weighted by atomic mass is 9.73. The maximum atomic E-state index is 15.4. The molecule has 0 saturated heterocycles. The molecule has 2 aromatic carbocycles. The van der Waals surface area contributed by atoms with Crippen LogP contribution < -0.4 is 0 Å². The van der Waals surface area contributed by atoms with Crippen molar-refractivity contribution < 1.29 is 26.3 Å². The van der Waals surface area contributed by atoms with E-state index >= 15 is 8.78 Å². The summed E-state index contributed by atoms with van der Waals surface area (Å²) in [5, 5.41) is 0. The standard InChI is InChI=1S/C28H36F6/c1-27(2,3)19-11-7-17(8-12-19)22(21(30)15-16-29)23(24(31)25(32)26(33)34)18-9-13-20(14-10-18)28(4,5)6/h7-14,21-26H,15-16H2,1-6H3. The lowest BCUT2D eigenvalue weighted by Crippen LogP contribution is -2.37. The molecule has 0 radical (unpaired) electrons. The van der Waals surface area contributed by atoms with Gasteiger partial charge in [-0.3, -0.25) is 4.39 Å². The Morgan fingerprint density at radius 1 is 0.588 bits per heavy atom. The molecule has 0 N–H and O–H groups in total. The van der Waals surface area contributed by atoms with Gasteiger partial charge in [-0.1, -0.05) is 90.1 Å². The van der Waals surface area contributed by atoms with Crippen molar-refractivity contribution in [3.63, 3.8) is 0 Å². The molecule has 0 saturated carbocycles. The Morgan fingerprint density at radius 2 is 0.971 bits per heavy atom. The second kappa shape index (κ2) is 11.2. The minimum Gasteiger partial charge on any atom is -0.251 e. The molecular weight excluding hydrogens is 450 g/mol. The summed E-state index contributed by atoms with van der Waals surface area (Å²) in [5.74, 6) is -2.89. The molecule has 0 amide bonds. The summed E-state index contributed by atoms with van der Waals surface area (Å²) in [6, 6.07) is 13.2. The first-order valence-corrected chi connectivity index (χ1v) is 11.7. The van der Waals surface area contributed by atoms with E-state index in [0.29, 0.717) is 5.56 Å². The monoisotopic (exact) mass is 486 g/mol. The average molecular weight is 487 g/mol. The molecule has 5 unspecified atom stereocenters. The number of halogens is 6. The number of hydrogen-bond acceptors (Lipinski definition) is 0. The Bertz CT molecular complexity index is 877. The van der Waals surface area contributed by atoms with Crippen molar-refractivity contribution in [3.8, 4) is 0 Å². The van der Waals surface area contributed by atoms with Gasteiger partial charge in [0.05, 0.1) is 6.67 Å². The summed E-state index contributed by atoms with van der Waals surface area (Å²) in [7, 11) is 0. The van der Waals surface area contributed by atoms with Gasteiger partial charge in [0.15, 0.2) is 6.17 Å². The van der Waals surface area contributed by atoms with Crippen LogP contribution in [0.1, 0.15) is 82.1 Å². The van der Waals surface area contributed by atoms with Gasteiger partial charge in [-0.15, -0.1) is 0 Å². The van der Waals surface area contributed by atoms with Crippen LogP contribution in [0.2, 0.25) is 0 Å². The van der Waals surface area contributed by atoms with Crippen molar-refractivity contribution in [1.82, 2.24) is 0 Å². The molecule has 0 aromatic heterocycles. The van der Waals surface area contributed by atoms with E-state index in [-0.39, 0.29) is 16.4 Å². The average Bonchev–Trinajstić information content (AvgIpc) is 2.75. The first-order valence-electron chi connectivity index (χ1n) is 11.7. The second-order valence-electron chi connectivity index (χ2n) is 11.0. The molecule has 0 aliphatic rings. The zero-order chi connectivity index (χ0) is 25.8. The van der Waals surface area contributed by atoms with E-state index in [1.54, 1.807) is 36.4 Å².